The Labute approximate surface area is 102 Å². The molecule has 0 saturated heterocycles. The molecule has 0 aliphatic rings. The van der Waals surface area contributed by atoms with Gasteiger partial charge in [0.25, 0.3) is 0 Å². The van der Waals surface area contributed by atoms with Crippen molar-refractivity contribution in [2.24, 2.45) is 5.73 Å². The third-order valence-corrected chi connectivity index (χ3v) is 2.37. The van der Waals surface area contributed by atoms with Crippen molar-refractivity contribution in [3.8, 4) is 5.75 Å². The third-order valence-electron chi connectivity index (χ3n) is 2.37. The monoisotopic (exact) mass is 236 g/mol. The topological polar surface area (TPSA) is 64.3 Å². The maximum Gasteiger partial charge on any atom is 0.312 e. The SMILES string of the molecule is CC(C)(C)c1cccc(OCCNC(N)=O)c1. The Hall–Kier alpha value is -1.71. The van der Waals surface area contributed by atoms with Gasteiger partial charge in [-0.05, 0) is 23.1 Å². The van der Waals surface area contributed by atoms with Crippen LogP contribution in [0.3, 0.4) is 0 Å². The number of hydrogen-bond acceptors (Lipinski definition) is 2. The van der Waals surface area contributed by atoms with E-state index in [0.29, 0.717) is 13.2 Å². The Bertz CT molecular complexity index is 383. The van der Waals surface area contributed by atoms with Gasteiger partial charge in [0.05, 0.1) is 6.54 Å². The second-order valence-corrected chi connectivity index (χ2v) is 4.92. The van der Waals surface area contributed by atoms with E-state index in [9.17, 15) is 4.79 Å². The van der Waals surface area contributed by atoms with E-state index in [-0.39, 0.29) is 5.41 Å². The molecule has 0 aliphatic heterocycles. The molecule has 0 aromatic heterocycles. The Morgan fingerprint density at radius 2 is 2.12 bits per heavy atom. The van der Waals surface area contributed by atoms with Gasteiger partial charge in [0, 0.05) is 0 Å². The van der Waals surface area contributed by atoms with E-state index in [1.807, 2.05) is 18.2 Å². The molecule has 1 aromatic carbocycles. The first kappa shape index (κ1) is 13.4. The fourth-order valence-corrected chi connectivity index (χ4v) is 1.40. The van der Waals surface area contributed by atoms with Gasteiger partial charge in [-0.1, -0.05) is 32.9 Å². The van der Waals surface area contributed by atoms with Gasteiger partial charge in [-0.2, -0.15) is 0 Å². The molecular formula is C13H20N2O2. The van der Waals surface area contributed by atoms with E-state index in [2.05, 4.69) is 32.2 Å². The summed E-state index contributed by atoms with van der Waals surface area (Å²) >= 11 is 0. The van der Waals surface area contributed by atoms with E-state index < -0.39 is 6.03 Å². The largest absolute Gasteiger partial charge is 0.492 e. The molecule has 1 rings (SSSR count). The van der Waals surface area contributed by atoms with Crippen molar-refractivity contribution in [3.63, 3.8) is 0 Å². The highest BCUT2D eigenvalue weighted by molar-refractivity contribution is 5.71. The molecule has 1 aromatic rings. The number of primary amides is 1. The molecule has 4 nitrogen and oxygen atoms in total. The van der Waals surface area contributed by atoms with Crippen molar-refractivity contribution >= 4 is 6.03 Å². The standard InChI is InChI=1S/C13H20N2O2/c1-13(2,3)10-5-4-6-11(9-10)17-8-7-15-12(14)16/h4-6,9H,7-8H2,1-3H3,(H3,14,15,16). The summed E-state index contributed by atoms with van der Waals surface area (Å²) in [6, 6.07) is 7.44. The van der Waals surface area contributed by atoms with E-state index in [0.717, 1.165) is 5.75 Å². The predicted molar refractivity (Wildman–Crippen MR) is 68.2 cm³/mol. The van der Waals surface area contributed by atoms with Crippen LogP contribution in [0.1, 0.15) is 26.3 Å². The van der Waals surface area contributed by atoms with Gasteiger partial charge in [-0.25, -0.2) is 4.79 Å². The van der Waals surface area contributed by atoms with Crippen molar-refractivity contribution in [2.75, 3.05) is 13.2 Å². The number of carbonyl (C=O) groups excluding carboxylic acids is 1. The molecule has 4 heteroatoms. The smallest absolute Gasteiger partial charge is 0.312 e. The summed E-state index contributed by atoms with van der Waals surface area (Å²) in [5.41, 5.74) is 6.27. The second-order valence-electron chi connectivity index (χ2n) is 4.92. The highest BCUT2D eigenvalue weighted by Gasteiger charge is 2.13. The minimum absolute atomic E-state index is 0.102. The van der Waals surface area contributed by atoms with Crippen LogP contribution in [-0.2, 0) is 5.41 Å². The Morgan fingerprint density at radius 3 is 2.71 bits per heavy atom. The van der Waals surface area contributed by atoms with Crippen LogP contribution in [0.25, 0.3) is 0 Å². The number of hydrogen-bond donors (Lipinski definition) is 2. The molecule has 0 bridgehead atoms. The second kappa shape index (κ2) is 5.57. The number of nitrogens with two attached hydrogens (primary N) is 1. The van der Waals surface area contributed by atoms with Gasteiger partial charge in [0.1, 0.15) is 12.4 Å². The van der Waals surface area contributed by atoms with Gasteiger partial charge in [-0.3, -0.25) is 0 Å². The van der Waals surface area contributed by atoms with Crippen LogP contribution >= 0.6 is 0 Å². The zero-order chi connectivity index (χ0) is 12.9. The zero-order valence-electron chi connectivity index (χ0n) is 10.6. The van der Waals surface area contributed by atoms with Gasteiger partial charge in [0.15, 0.2) is 0 Å². The number of amides is 2. The summed E-state index contributed by atoms with van der Waals surface area (Å²) in [6.45, 7) is 7.29. The molecule has 0 spiro atoms. The molecule has 0 heterocycles. The molecule has 0 saturated carbocycles. The first-order valence-corrected chi connectivity index (χ1v) is 5.66. The quantitative estimate of drug-likeness (QED) is 0.786. The van der Waals surface area contributed by atoms with Crippen molar-refractivity contribution in [3.05, 3.63) is 29.8 Å². The predicted octanol–water partition coefficient (Wildman–Crippen LogP) is 2.03. The van der Waals surface area contributed by atoms with E-state index in [4.69, 9.17) is 10.5 Å². The van der Waals surface area contributed by atoms with Crippen molar-refractivity contribution in [2.45, 2.75) is 26.2 Å². The fourth-order valence-electron chi connectivity index (χ4n) is 1.40. The number of ether oxygens (including phenoxy) is 1. The van der Waals surface area contributed by atoms with Crippen LogP contribution in [0.2, 0.25) is 0 Å². The number of carbonyl (C=O) groups is 1. The summed E-state index contributed by atoms with van der Waals surface area (Å²) in [4.78, 5) is 10.5. The molecule has 0 radical (unpaired) electrons. The van der Waals surface area contributed by atoms with Crippen LogP contribution in [0.15, 0.2) is 24.3 Å². The highest BCUT2D eigenvalue weighted by atomic mass is 16.5. The minimum Gasteiger partial charge on any atom is -0.492 e. The average molecular weight is 236 g/mol. The van der Waals surface area contributed by atoms with Crippen molar-refractivity contribution in [1.29, 1.82) is 0 Å². The lowest BCUT2D eigenvalue weighted by Gasteiger charge is -2.19. The van der Waals surface area contributed by atoms with Crippen LogP contribution < -0.4 is 15.8 Å². The Morgan fingerprint density at radius 1 is 1.41 bits per heavy atom. The molecule has 0 fully saturated rings. The molecule has 2 amide bonds. The molecule has 0 atom stereocenters. The van der Waals surface area contributed by atoms with Gasteiger partial charge in [-0.15, -0.1) is 0 Å². The number of urea groups is 1. The molecule has 0 unspecified atom stereocenters. The van der Waals surface area contributed by atoms with Gasteiger partial charge >= 0.3 is 6.03 Å². The van der Waals surface area contributed by atoms with Crippen LogP contribution in [0.4, 0.5) is 4.79 Å². The average Bonchev–Trinajstić information content (AvgIpc) is 2.23. The first-order valence-electron chi connectivity index (χ1n) is 5.66. The van der Waals surface area contributed by atoms with Crippen LogP contribution in [0, 0.1) is 0 Å². The first-order chi connectivity index (χ1) is 7.89. The van der Waals surface area contributed by atoms with Crippen molar-refractivity contribution in [1.82, 2.24) is 5.32 Å². The normalized spacial score (nSPS) is 11.0. The highest BCUT2D eigenvalue weighted by Crippen LogP contribution is 2.25. The maximum absolute atomic E-state index is 10.5. The molecule has 3 N–H and O–H groups in total. The third kappa shape index (κ3) is 4.76. The molecule has 0 aliphatic carbocycles. The molecular weight excluding hydrogens is 216 g/mol. The lowest BCUT2D eigenvalue weighted by Crippen LogP contribution is -2.32. The number of benzene rings is 1. The van der Waals surface area contributed by atoms with E-state index >= 15 is 0 Å². The van der Waals surface area contributed by atoms with Crippen molar-refractivity contribution < 1.29 is 9.53 Å². The summed E-state index contributed by atoms with van der Waals surface area (Å²) in [7, 11) is 0. The lowest BCUT2D eigenvalue weighted by atomic mass is 9.87. The van der Waals surface area contributed by atoms with Gasteiger partial charge in [0.2, 0.25) is 0 Å². The summed E-state index contributed by atoms with van der Waals surface area (Å²) in [6.07, 6.45) is 0. The number of rotatable bonds is 4. The number of nitrogens with one attached hydrogen (secondary N) is 1. The Balaban J connectivity index is 2.52. The van der Waals surface area contributed by atoms with Gasteiger partial charge < -0.3 is 15.8 Å². The summed E-state index contributed by atoms with van der Waals surface area (Å²) < 4.78 is 5.52. The minimum atomic E-state index is -0.531. The maximum atomic E-state index is 10.5. The fraction of sp³-hybridized carbons (Fsp3) is 0.462. The van der Waals surface area contributed by atoms with E-state index in [1.54, 1.807) is 0 Å². The zero-order valence-corrected chi connectivity index (χ0v) is 10.6. The van der Waals surface area contributed by atoms with Crippen LogP contribution in [0.5, 0.6) is 5.75 Å². The summed E-state index contributed by atoms with van der Waals surface area (Å²) in [5, 5.41) is 2.47. The molecule has 94 valence electrons. The molecule has 17 heavy (non-hydrogen) atoms. The Kier molecular flexibility index (Phi) is 4.37. The van der Waals surface area contributed by atoms with E-state index in [1.165, 1.54) is 5.56 Å². The lowest BCUT2D eigenvalue weighted by molar-refractivity contribution is 0.244. The summed E-state index contributed by atoms with van der Waals surface area (Å²) in [5.74, 6) is 0.809. The van der Waals surface area contributed by atoms with Crippen LogP contribution in [-0.4, -0.2) is 19.2 Å².